The fraction of sp³-hybridized carbons (Fsp3) is 0.190. The molecule has 2 N–H and O–H groups in total. The van der Waals surface area contributed by atoms with Crippen LogP contribution in [0.3, 0.4) is 0 Å². The molecule has 6 nitrogen and oxygen atoms in total. The maximum atomic E-state index is 14.0. The van der Waals surface area contributed by atoms with E-state index in [1.807, 2.05) is 0 Å². The molecule has 0 atom stereocenters. The molecule has 0 radical (unpaired) electrons. The minimum absolute atomic E-state index is 0.0501. The minimum atomic E-state index is -0.725. The summed E-state index contributed by atoms with van der Waals surface area (Å²) in [6, 6.07) is 9.22. The standard InChI is InChI=1S/C21H18ClF2N3O3/c1-12-16(7-8-28)21(30)27(20(25-12)13-3-2-4-15(23)9-13)11-19(29)26-18-6-5-14(22)10-17(18)24/h2-6,9-10,28H,7-8,11H2,1H3,(H,26,29). The van der Waals surface area contributed by atoms with Crippen LogP contribution in [0.5, 0.6) is 0 Å². The highest BCUT2D eigenvalue weighted by Crippen LogP contribution is 2.21. The molecule has 0 aliphatic carbocycles. The number of carbonyl (C=O) groups excluding carboxylic acids is 1. The molecule has 0 saturated heterocycles. The highest BCUT2D eigenvalue weighted by molar-refractivity contribution is 6.30. The minimum Gasteiger partial charge on any atom is -0.396 e. The molecule has 0 bridgehead atoms. The number of amides is 1. The fourth-order valence-corrected chi connectivity index (χ4v) is 3.18. The number of aryl methyl sites for hydroxylation is 1. The summed E-state index contributed by atoms with van der Waals surface area (Å²) in [5.41, 5.74) is 0.274. The molecular weight excluding hydrogens is 416 g/mol. The van der Waals surface area contributed by atoms with E-state index in [9.17, 15) is 23.5 Å². The van der Waals surface area contributed by atoms with E-state index in [-0.39, 0.29) is 35.1 Å². The Kier molecular flexibility index (Phi) is 6.59. The highest BCUT2D eigenvalue weighted by Gasteiger charge is 2.18. The second kappa shape index (κ2) is 9.15. The Balaban J connectivity index is 2.03. The molecule has 0 unspecified atom stereocenters. The van der Waals surface area contributed by atoms with Gasteiger partial charge >= 0.3 is 0 Å². The van der Waals surface area contributed by atoms with Crippen LogP contribution in [0.2, 0.25) is 5.02 Å². The van der Waals surface area contributed by atoms with Gasteiger partial charge in [-0.05, 0) is 37.3 Å². The maximum Gasteiger partial charge on any atom is 0.257 e. The Bertz CT molecular complexity index is 1160. The number of carbonyl (C=O) groups is 1. The first-order chi connectivity index (χ1) is 14.3. The second-order valence-corrected chi connectivity index (χ2v) is 6.98. The SMILES string of the molecule is Cc1nc(-c2cccc(F)c2)n(CC(=O)Nc2ccc(Cl)cc2F)c(=O)c1CCO. The van der Waals surface area contributed by atoms with Crippen LogP contribution >= 0.6 is 11.6 Å². The van der Waals surface area contributed by atoms with Crippen molar-refractivity contribution in [2.24, 2.45) is 0 Å². The van der Waals surface area contributed by atoms with Gasteiger partial charge in [0.2, 0.25) is 5.91 Å². The first-order valence-corrected chi connectivity index (χ1v) is 9.40. The van der Waals surface area contributed by atoms with Gasteiger partial charge in [-0.1, -0.05) is 23.7 Å². The Morgan fingerprint density at radius 3 is 2.67 bits per heavy atom. The number of nitrogens with zero attached hydrogens (tertiary/aromatic N) is 2. The summed E-state index contributed by atoms with van der Waals surface area (Å²) < 4.78 is 28.8. The van der Waals surface area contributed by atoms with Gasteiger partial charge in [-0.2, -0.15) is 0 Å². The molecule has 0 fully saturated rings. The molecule has 1 amide bonds. The molecule has 0 spiro atoms. The van der Waals surface area contributed by atoms with Crippen molar-refractivity contribution in [3.8, 4) is 11.4 Å². The first-order valence-electron chi connectivity index (χ1n) is 9.02. The summed E-state index contributed by atoms with van der Waals surface area (Å²) in [5.74, 6) is -1.85. The molecular formula is C21H18ClF2N3O3. The molecule has 3 rings (SSSR count). The predicted octanol–water partition coefficient (Wildman–Crippen LogP) is 3.32. The molecule has 0 aliphatic heterocycles. The average molecular weight is 434 g/mol. The number of nitrogens with one attached hydrogen (secondary N) is 1. The first kappa shape index (κ1) is 21.6. The fourth-order valence-electron chi connectivity index (χ4n) is 3.02. The quantitative estimate of drug-likeness (QED) is 0.624. The van der Waals surface area contributed by atoms with Gasteiger partial charge < -0.3 is 10.4 Å². The maximum absolute atomic E-state index is 14.0. The van der Waals surface area contributed by atoms with Crippen molar-refractivity contribution in [3.63, 3.8) is 0 Å². The van der Waals surface area contributed by atoms with Gasteiger partial charge in [-0.3, -0.25) is 14.2 Å². The Hall–Kier alpha value is -3.10. The predicted molar refractivity (Wildman–Crippen MR) is 109 cm³/mol. The number of benzene rings is 2. The van der Waals surface area contributed by atoms with Crippen LogP contribution in [0, 0.1) is 18.6 Å². The number of halogens is 3. The van der Waals surface area contributed by atoms with E-state index in [2.05, 4.69) is 10.3 Å². The third-order valence-corrected chi connectivity index (χ3v) is 4.66. The number of aliphatic hydroxyl groups is 1. The highest BCUT2D eigenvalue weighted by atomic mass is 35.5. The van der Waals surface area contributed by atoms with E-state index >= 15 is 0 Å². The number of hydrogen-bond donors (Lipinski definition) is 2. The van der Waals surface area contributed by atoms with E-state index in [1.54, 1.807) is 13.0 Å². The Labute approximate surface area is 175 Å². The molecule has 156 valence electrons. The summed E-state index contributed by atoms with van der Waals surface area (Å²) in [4.78, 5) is 29.9. The van der Waals surface area contributed by atoms with Gasteiger partial charge in [0.15, 0.2) is 0 Å². The molecule has 3 aromatic rings. The largest absolute Gasteiger partial charge is 0.396 e. The average Bonchev–Trinajstić information content (AvgIpc) is 2.69. The molecule has 2 aromatic carbocycles. The van der Waals surface area contributed by atoms with Crippen LogP contribution in [-0.2, 0) is 17.8 Å². The van der Waals surface area contributed by atoms with Crippen LogP contribution in [0.25, 0.3) is 11.4 Å². The van der Waals surface area contributed by atoms with Gasteiger partial charge in [-0.15, -0.1) is 0 Å². The lowest BCUT2D eigenvalue weighted by molar-refractivity contribution is -0.116. The summed E-state index contributed by atoms with van der Waals surface area (Å²) in [7, 11) is 0. The normalized spacial score (nSPS) is 10.8. The lowest BCUT2D eigenvalue weighted by Gasteiger charge is -2.16. The lowest BCUT2D eigenvalue weighted by Crippen LogP contribution is -2.33. The number of rotatable bonds is 6. The van der Waals surface area contributed by atoms with Crippen LogP contribution in [-0.4, -0.2) is 27.2 Å². The van der Waals surface area contributed by atoms with Crippen LogP contribution in [0.15, 0.2) is 47.3 Å². The zero-order valence-corrected chi connectivity index (χ0v) is 16.7. The van der Waals surface area contributed by atoms with Crippen molar-refractivity contribution < 1.29 is 18.7 Å². The molecule has 0 saturated carbocycles. The van der Waals surface area contributed by atoms with Gasteiger partial charge in [-0.25, -0.2) is 13.8 Å². The lowest BCUT2D eigenvalue weighted by atomic mass is 10.1. The second-order valence-electron chi connectivity index (χ2n) is 6.55. The molecule has 30 heavy (non-hydrogen) atoms. The smallest absolute Gasteiger partial charge is 0.257 e. The van der Waals surface area contributed by atoms with Gasteiger partial charge in [0.25, 0.3) is 5.56 Å². The summed E-state index contributed by atoms with van der Waals surface area (Å²) in [6.45, 7) is 0.834. The van der Waals surface area contributed by atoms with Crippen molar-refractivity contribution in [3.05, 3.63) is 80.7 Å². The number of anilines is 1. The van der Waals surface area contributed by atoms with E-state index < -0.39 is 29.6 Å². The zero-order valence-electron chi connectivity index (χ0n) is 16.0. The molecule has 9 heteroatoms. The molecule has 1 heterocycles. The number of hydrogen-bond acceptors (Lipinski definition) is 4. The van der Waals surface area contributed by atoms with Gasteiger partial charge in [0, 0.05) is 34.9 Å². The van der Waals surface area contributed by atoms with Crippen LogP contribution in [0.4, 0.5) is 14.5 Å². The van der Waals surface area contributed by atoms with Crippen LogP contribution < -0.4 is 10.9 Å². The van der Waals surface area contributed by atoms with E-state index in [0.717, 1.165) is 10.6 Å². The van der Waals surface area contributed by atoms with Crippen molar-refractivity contribution >= 4 is 23.2 Å². The monoisotopic (exact) mass is 433 g/mol. The molecule has 0 aliphatic rings. The third-order valence-electron chi connectivity index (χ3n) is 4.42. The van der Waals surface area contributed by atoms with Crippen molar-refractivity contribution in [1.82, 2.24) is 9.55 Å². The Morgan fingerprint density at radius 2 is 2.00 bits per heavy atom. The summed E-state index contributed by atoms with van der Waals surface area (Å²) in [6.07, 6.45) is 0.0501. The number of aromatic nitrogens is 2. The summed E-state index contributed by atoms with van der Waals surface area (Å²) in [5, 5.41) is 11.8. The number of aliphatic hydroxyl groups excluding tert-OH is 1. The van der Waals surface area contributed by atoms with E-state index in [0.29, 0.717) is 11.3 Å². The van der Waals surface area contributed by atoms with Crippen LogP contribution in [0.1, 0.15) is 11.3 Å². The van der Waals surface area contributed by atoms with Gasteiger partial charge in [0.1, 0.15) is 24.0 Å². The van der Waals surface area contributed by atoms with Gasteiger partial charge in [0.05, 0.1) is 5.69 Å². The third kappa shape index (κ3) is 4.72. The zero-order chi connectivity index (χ0) is 21.8. The van der Waals surface area contributed by atoms with Crippen molar-refractivity contribution in [2.45, 2.75) is 19.9 Å². The molecule has 1 aromatic heterocycles. The summed E-state index contributed by atoms with van der Waals surface area (Å²) >= 11 is 5.71. The topological polar surface area (TPSA) is 84.2 Å². The van der Waals surface area contributed by atoms with E-state index in [4.69, 9.17) is 11.6 Å². The van der Waals surface area contributed by atoms with Crippen molar-refractivity contribution in [2.75, 3.05) is 11.9 Å². The van der Waals surface area contributed by atoms with Crippen molar-refractivity contribution in [1.29, 1.82) is 0 Å². The Morgan fingerprint density at radius 1 is 1.23 bits per heavy atom. The van der Waals surface area contributed by atoms with E-state index in [1.165, 1.54) is 30.3 Å².